The van der Waals surface area contributed by atoms with E-state index in [-0.39, 0.29) is 5.76 Å². The molecule has 0 radical (unpaired) electrons. The lowest BCUT2D eigenvalue weighted by Crippen LogP contribution is -2.16. The number of nitrogens with one attached hydrogen (secondary N) is 1. The van der Waals surface area contributed by atoms with Gasteiger partial charge >= 0.3 is 5.91 Å². The number of hydrazone groups is 1. The van der Waals surface area contributed by atoms with E-state index in [1.165, 1.54) is 0 Å². The molecule has 0 aliphatic heterocycles. The van der Waals surface area contributed by atoms with Crippen LogP contribution < -0.4 is 10.2 Å². The first-order valence-electron chi connectivity index (χ1n) is 8.55. The van der Waals surface area contributed by atoms with Gasteiger partial charge in [-0.15, -0.1) is 0 Å². The van der Waals surface area contributed by atoms with Crippen LogP contribution in [0.15, 0.2) is 70.2 Å². The minimum atomic E-state index is -0.391. The monoisotopic (exact) mass is 358 g/mol. The van der Waals surface area contributed by atoms with E-state index in [2.05, 4.69) is 10.5 Å². The maximum Gasteiger partial charge on any atom is 0.307 e. The summed E-state index contributed by atoms with van der Waals surface area (Å²) in [6.45, 7) is 1.95. The molecule has 4 rings (SSSR count). The highest BCUT2D eigenvalue weighted by atomic mass is 16.5. The summed E-state index contributed by atoms with van der Waals surface area (Å²) in [5.74, 6) is 0.617. The number of carbonyl (C=O) groups is 1. The third kappa shape index (κ3) is 3.27. The minimum Gasteiger partial charge on any atom is -0.497 e. The Labute approximate surface area is 156 Å². The molecular weight excluding hydrogens is 340 g/mol. The quantitative estimate of drug-likeness (QED) is 0.426. The Morgan fingerprint density at radius 1 is 1.07 bits per heavy atom. The van der Waals surface area contributed by atoms with E-state index in [1.807, 2.05) is 61.5 Å². The van der Waals surface area contributed by atoms with Gasteiger partial charge in [0.05, 0.1) is 13.3 Å². The van der Waals surface area contributed by atoms with Crippen LogP contribution in [0.2, 0.25) is 0 Å². The Balaban J connectivity index is 1.55. The van der Waals surface area contributed by atoms with Crippen molar-refractivity contribution in [3.8, 4) is 5.75 Å². The van der Waals surface area contributed by atoms with E-state index < -0.39 is 5.91 Å². The van der Waals surface area contributed by atoms with Gasteiger partial charge < -0.3 is 9.15 Å². The van der Waals surface area contributed by atoms with Gasteiger partial charge in [-0.2, -0.15) is 5.10 Å². The SMILES string of the molecule is COc1ccc(/C=N\NC(=O)c2cc3c(ccc4ccccc43)o2)c(C)c1. The summed E-state index contributed by atoms with van der Waals surface area (Å²) in [5, 5.41) is 7.11. The molecule has 1 aromatic heterocycles. The first kappa shape index (κ1) is 16.8. The first-order valence-corrected chi connectivity index (χ1v) is 8.55. The summed E-state index contributed by atoms with van der Waals surface area (Å²) < 4.78 is 10.9. The van der Waals surface area contributed by atoms with E-state index in [1.54, 1.807) is 19.4 Å². The smallest absolute Gasteiger partial charge is 0.307 e. The fraction of sp³-hybridized carbons (Fsp3) is 0.0909. The summed E-state index contributed by atoms with van der Waals surface area (Å²) in [6.07, 6.45) is 1.60. The van der Waals surface area contributed by atoms with E-state index in [0.29, 0.717) is 5.58 Å². The topological polar surface area (TPSA) is 63.8 Å². The maximum atomic E-state index is 12.4. The van der Waals surface area contributed by atoms with E-state index in [4.69, 9.17) is 9.15 Å². The molecule has 0 aliphatic rings. The fourth-order valence-electron chi connectivity index (χ4n) is 3.04. The highest BCUT2D eigenvalue weighted by Crippen LogP contribution is 2.28. The Kier molecular flexibility index (Phi) is 4.34. The lowest BCUT2D eigenvalue weighted by Gasteiger charge is -2.03. The number of aryl methyl sites for hydroxylation is 1. The Morgan fingerprint density at radius 3 is 2.74 bits per heavy atom. The zero-order chi connectivity index (χ0) is 18.8. The average molecular weight is 358 g/mol. The van der Waals surface area contributed by atoms with E-state index >= 15 is 0 Å². The molecule has 0 spiro atoms. The van der Waals surface area contributed by atoms with Gasteiger partial charge in [0, 0.05) is 5.39 Å². The summed E-state index contributed by atoms with van der Waals surface area (Å²) >= 11 is 0. The molecule has 4 aromatic rings. The van der Waals surface area contributed by atoms with Crippen molar-refractivity contribution in [2.45, 2.75) is 6.92 Å². The van der Waals surface area contributed by atoms with Crippen LogP contribution >= 0.6 is 0 Å². The van der Waals surface area contributed by atoms with Crippen molar-refractivity contribution in [1.82, 2.24) is 5.43 Å². The minimum absolute atomic E-state index is 0.227. The molecule has 0 bridgehead atoms. The Hall–Kier alpha value is -3.60. The number of hydrogen-bond donors (Lipinski definition) is 1. The molecule has 0 fully saturated rings. The van der Waals surface area contributed by atoms with Gasteiger partial charge in [-0.25, -0.2) is 5.43 Å². The van der Waals surface area contributed by atoms with Crippen molar-refractivity contribution in [3.63, 3.8) is 0 Å². The average Bonchev–Trinajstić information content (AvgIpc) is 3.14. The van der Waals surface area contributed by atoms with Crippen LogP contribution in [0.3, 0.4) is 0 Å². The number of methoxy groups -OCH3 is 1. The molecule has 5 nitrogen and oxygen atoms in total. The number of fused-ring (bicyclic) bond motifs is 3. The summed E-state index contributed by atoms with van der Waals surface area (Å²) in [7, 11) is 1.62. The molecule has 1 heterocycles. The summed E-state index contributed by atoms with van der Waals surface area (Å²) in [5.41, 5.74) is 5.09. The van der Waals surface area contributed by atoms with Gasteiger partial charge in [0.1, 0.15) is 11.3 Å². The van der Waals surface area contributed by atoms with Crippen LogP contribution in [0.5, 0.6) is 5.75 Å². The lowest BCUT2D eigenvalue weighted by atomic mass is 10.1. The van der Waals surface area contributed by atoms with Crippen molar-refractivity contribution in [3.05, 3.63) is 77.6 Å². The van der Waals surface area contributed by atoms with Gasteiger partial charge in [0.15, 0.2) is 5.76 Å². The zero-order valence-electron chi connectivity index (χ0n) is 15.0. The molecule has 0 saturated carbocycles. The van der Waals surface area contributed by atoms with Crippen molar-refractivity contribution in [1.29, 1.82) is 0 Å². The summed E-state index contributed by atoms with van der Waals surface area (Å²) in [4.78, 5) is 12.4. The zero-order valence-corrected chi connectivity index (χ0v) is 15.0. The molecule has 0 saturated heterocycles. The van der Waals surface area contributed by atoms with Crippen LogP contribution in [-0.2, 0) is 0 Å². The third-order valence-electron chi connectivity index (χ3n) is 4.50. The molecule has 5 heteroatoms. The van der Waals surface area contributed by atoms with E-state index in [0.717, 1.165) is 33.0 Å². The van der Waals surface area contributed by atoms with Gasteiger partial charge in [-0.05, 0) is 59.2 Å². The lowest BCUT2D eigenvalue weighted by molar-refractivity contribution is 0.0929. The number of amides is 1. The normalized spacial score (nSPS) is 11.3. The largest absolute Gasteiger partial charge is 0.497 e. The second-order valence-corrected chi connectivity index (χ2v) is 6.23. The van der Waals surface area contributed by atoms with Gasteiger partial charge in [0.25, 0.3) is 0 Å². The molecule has 1 amide bonds. The second-order valence-electron chi connectivity index (χ2n) is 6.23. The van der Waals surface area contributed by atoms with Crippen molar-refractivity contribution < 1.29 is 13.9 Å². The highest BCUT2D eigenvalue weighted by Gasteiger charge is 2.13. The molecule has 134 valence electrons. The second kappa shape index (κ2) is 6.96. The van der Waals surface area contributed by atoms with Gasteiger partial charge in [-0.1, -0.05) is 30.3 Å². The molecule has 0 atom stereocenters. The number of ether oxygens (including phenoxy) is 1. The van der Waals surface area contributed by atoms with Crippen LogP contribution in [0, 0.1) is 6.92 Å². The number of hydrogen-bond acceptors (Lipinski definition) is 4. The van der Waals surface area contributed by atoms with Gasteiger partial charge in [0.2, 0.25) is 0 Å². The predicted octanol–water partition coefficient (Wildman–Crippen LogP) is 4.67. The predicted molar refractivity (Wildman–Crippen MR) is 107 cm³/mol. The molecule has 1 N–H and O–H groups in total. The number of benzene rings is 3. The number of rotatable bonds is 4. The number of furan rings is 1. The number of nitrogens with zero attached hydrogens (tertiary/aromatic N) is 1. The molecule has 0 unspecified atom stereocenters. The van der Waals surface area contributed by atoms with Crippen LogP contribution in [0.25, 0.3) is 21.7 Å². The Morgan fingerprint density at radius 2 is 1.93 bits per heavy atom. The summed E-state index contributed by atoms with van der Waals surface area (Å²) in [6, 6.07) is 19.2. The van der Waals surface area contributed by atoms with Crippen molar-refractivity contribution >= 4 is 33.9 Å². The van der Waals surface area contributed by atoms with E-state index in [9.17, 15) is 4.79 Å². The van der Waals surface area contributed by atoms with Gasteiger partial charge in [-0.3, -0.25) is 4.79 Å². The molecule has 27 heavy (non-hydrogen) atoms. The van der Waals surface area contributed by atoms with Crippen LogP contribution in [0.4, 0.5) is 0 Å². The standard InChI is InChI=1S/C22H18N2O3/c1-14-11-17(26-2)9-7-16(14)13-23-24-22(25)21-12-19-18-6-4-3-5-15(18)8-10-20(19)27-21/h3-13H,1-2H3,(H,24,25)/b23-13-. The molecular formula is C22H18N2O3. The Bertz CT molecular complexity index is 1170. The van der Waals surface area contributed by atoms with Crippen LogP contribution in [-0.4, -0.2) is 19.2 Å². The fourth-order valence-corrected chi connectivity index (χ4v) is 3.04. The number of carbonyl (C=O) groups excluding carboxylic acids is 1. The van der Waals surface area contributed by atoms with Crippen molar-refractivity contribution in [2.24, 2.45) is 5.10 Å². The third-order valence-corrected chi connectivity index (χ3v) is 4.50. The maximum absolute atomic E-state index is 12.4. The van der Waals surface area contributed by atoms with Crippen molar-refractivity contribution in [2.75, 3.05) is 7.11 Å². The van der Waals surface area contributed by atoms with Crippen LogP contribution in [0.1, 0.15) is 21.7 Å². The highest BCUT2D eigenvalue weighted by molar-refractivity contribution is 6.08. The first-order chi connectivity index (χ1) is 13.2. The molecule has 3 aromatic carbocycles. The molecule has 0 aliphatic carbocycles.